The predicted molar refractivity (Wildman–Crippen MR) is 71.1 cm³/mol. The second-order valence-electron chi connectivity index (χ2n) is 3.69. The van der Waals surface area contributed by atoms with Crippen LogP contribution in [0.25, 0.3) is 11.2 Å². The Balaban J connectivity index is 2.07. The molecule has 0 aliphatic rings. The lowest BCUT2D eigenvalue weighted by Crippen LogP contribution is -2.07. The lowest BCUT2D eigenvalue weighted by Gasteiger charge is -2.11. The normalized spacial score (nSPS) is 10.4. The lowest BCUT2D eigenvalue weighted by molar-refractivity contribution is -0.105. The molecule has 3 heterocycles. The topological polar surface area (TPSA) is 147 Å². The van der Waals surface area contributed by atoms with Gasteiger partial charge in [-0.2, -0.15) is 0 Å². The number of aromatic nitrogens is 6. The zero-order chi connectivity index (χ0) is 13.9. The number of aromatic amines is 1. The van der Waals surface area contributed by atoms with Gasteiger partial charge in [-0.1, -0.05) is 0 Å². The maximum atomic E-state index is 10.6. The molecule has 0 bridgehead atoms. The first-order chi connectivity index (χ1) is 9.79. The van der Waals surface area contributed by atoms with E-state index in [4.69, 9.17) is 5.73 Å². The van der Waals surface area contributed by atoms with E-state index in [1.54, 1.807) is 0 Å². The number of hydrogen-bond acceptors (Lipinski definition) is 8. The SMILES string of the molecule is Nc1ncnc(NC=O)c1Nc1ncnc2nc[nH]c12. The number of nitrogens with one attached hydrogen (secondary N) is 3. The first-order valence-electron chi connectivity index (χ1n) is 5.51. The molecule has 20 heavy (non-hydrogen) atoms. The van der Waals surface area contributed by atoms with Crippen molar-refractivity contribution in [1.82, 2.24) is 29.9 Å². The molecule has 0 unspecified atom stereocenters. The number of fused-ring (bicyclic) bond motifs is 1. The predicted octanol–water partition coefficient (Wildman–Crippen LogP) is 0.0370. The highest BCUT2D eigenvalue weighted by Crippen LogP contribution is 2.28. The summed E-state index contributed by atoms with van der Waals surface area (Å²) in [6.07, 6.45) is 4.61. The number of imidazole rings is 1. The van der Waals surface area contributed by atoms with Crippen molar-refractivity contribution >= 4 is 40.7 Å². The molecule has 0 aliphatic heterocycles. The van der Waals surface area contributed by atoms with Gasteiger partial charge in [0, 0.05) is 0 Å². The van der Waals surface area contributed by atoms with Gasteiger partial charge in [-0.25, -0.2) is 24.9 Å². The van der Waals surface area contributed by atoms with Gasteiger partial charge in [-0.05, 0) is 0 Å². The Bertz CT molecular complexity index is 768. The van der Waals surface area contributed by atoms with Crippen molar-refractivity contribution in [3.05, 3.63) is 19.0 Å². The molecule has 0 saturated heterocycles. The number of H-pyrrole nitrogens is 1. The second-order valence-corrected chi connectivity index (χ2v) is 3.69. The first kappa shape index (κ1) is 11.8. The van der Waals surface area contributed by atoms with E-state index in [1.165, 1.54) is 19.0 Å². The molecule has 0 saturated carbocycles. The molecule has 0 aliphatic carbocycles. The van der Waals surface area contributed by atoms with Gasteiger partial charge in [-0.3, -0.25) is 4.79 Å². The number of nitrogens with zero attached hydrogens (tertiary/aromatic N) is 5. The molecule has 0 fully saturated rings. The van der Waals surface area contributed by atoms with E-state index in [9.17, 15) is 4.79 Å². The van der Waals surface area contributed by atoms with Gasteiger partial charge in [0.2, 0.25) is 6.41 Å². The van der Waals surface area contributed by atoms with Gasteiger partial charge < -0.3 is 21.4 Å². The third-order valence-corrected chi connectivity index (χ3v) is 2.54. The van der Waals surface area contributed by atoms with E-state index in [0.717, 1.165) is 0 Å². The Morgan fingerprint density at radius 1 is 1.10 bits per heavy atom. The number of nitrogen functional groups attached to an aromatic ring is 1. The Labute approximate surface area is 111 Å². The van der Waals surface area contributed by atoms with Gasteiger partial charge in [0.15, 0.2) is 23.1 Å². The molecule has 0 aromatic carbocycles. The Hall–Kier alpha value is -3.30. The number of hydrogen-bond donors (Lipinski definition) is 4. The minimum Gasteiger partial charge on any atom is -0.382 e. The average molecular weight is 271 g/mol. The van der Waals surface area contributed by atoms with E-state index in [2.05, 4.69) is 40.5 Å². The number of amides is 1. The molecule has 5 N–H and O–H groups in total. The molecule has 0 radical (unpaired) electrons. The number of anilines is 4. The van der Waals surface area contributed by atoms with Crippen LogP contribution in [0.15, 0.2) is 19.0 Å². The van der Waals surface area contributed by atoms with Crippen molar-refractivity contribution in [2.75, 3.05) is 16.4 Å². The quantitative estimate of drug-likeness (QED) is 0.486. The van der Waals surface area contributed by atoms with Gasteiger partial charge in [0.25, 0.3) is 0 Å². The first-order valence-corrected chi connectivity index (χ1v) is 5.51. The molecule has 1 amide bonds. The molecule has 3 aromatic heterocycles. The highest BCUT2D eigenvalue weighted by Gasteiger charge is 2.12. The summed E-state index contributed by atoms with van der Waals surface area (Å²) in [5.74, 6) is 0.873. The van der Waals surface area contributed by atoms with Gasteiger partial charge in [-0.15, -0.1) is 0 Å². The van der Waals surface area contributed by atoms with Gasteiger partial charge in [0.05, 0.1) is 6.33 Å². The standard InChI is InChI=1S/C10H9N9O/c11-7-5(8(18-4-20)15-2-13-7)19-10-6-9(14-1-12-6)16-3-17-10/h1-4H,(H3,11,13,15,18,20)(H2,12,14,16,17,19). The number of carbonyl (C=O) groups excluding carboxylic acids is 1. The summed E-state index contributed by atoms with van der Waals surface area (Å²) >= 11 is 0. The molecule has 3 rings (SSSR count). The maximum Gasteiger partial charge on any atom is 0.212 e. The second kappa shape index (κ2) is 4.76. The Kier molecular flexibility index (Phi) is 2.80. The summed E-state index contributed by atoms with van der Waals surface area (Å²) in [6.45, 7) is 0. The third-order valence-electron chi connectivity index (χ3n) is 2.54. The van der Waals surface area contributed by atoms with E-state index < -0.39 is 0 Å². The van der Waals surface area contributed by atoms with Crippen LogP contribution in [0, 0.1) is 0 Å². The largest absolute Gasteiger partial charge is 0.382 e. The zero-order valence-corrected chi connectivity index (χ0v) is 10.0. The minimum atomic E-state index is 0.177. The summed E-state index contributed by atoms with van der Waals surface area (Å²) in [7, 11) is 0. The summed E-state index contributed by atoms with van der Waals surface area (Å²) in [4.78, 5) is 33.4. The zero-order valence-electron chi connectivity index (χ0n) is 10.0. The highest BCUT2D eigenvalue weighted by molar-refractivity contribution is 5.91. The van der Waals surface area contributed by atoms with Crippen LogP contribution in [0.3, 0.4) is 0 Å². The molecule has 0 spiro atoms. The van der Waals surface area contributed by atoms with Crippen LogP contribution in [0.4, 0.5) is 23.1 Å². The third kappa shape index (κ3) is 1.94. The van der Waals surface area contributed by atoms with Crippen LogP contribution >= 0.6 is 0 Å². The van der Waals surface area contributed by atoms with Crippen molar-refractivity contribution in [2.45, 2.75) is 0 Å². The Morgan fingerprint density at radius 2 is 1.90 bits per heavy atom. The highest BCUT2D eigenvalue weighted by atomic mass is 16.1. The van der Waals surface area contributed by atoms with Crippen LogP contribution in [0.5, 0.6) is 0 Å². The fraction of sp³-hybridized carbons (Fsp3) is 0. The van der Waals surface area contributed by atoms with Crippen LogP contribution in [-0.4, -0.2) is 36.3 Å². The van der Waals surface area contributed by atoms with Gasteiger partial charge in [0.1, 0.15) is 23.9 Å². The fourth-order valence-corrected chi connectivity index (χ4v) is 1.67. The smallest absolute Gasteiger partial charge is 0.212 e. The van der Waals surface area contributed by atoms with Crippen molar-refractivity contribution in [1.29, 1.82) is 0 Å². The molecular formula is C10H9N9O. The van der Waals surface area contributed by atoms with Crippen LogP contribution in [0.2, 0.25) is 0 Å². The Morgan fingerprint density at radius 3 is 2.75 bits per heavy atom. The molecule has 3 aromatic rings. The van der Waals surface area contributed by atoms with Crippen LogP contribution < -0.4 is 16.4 Å². The monoisotopic (exact) mass is 271 g/mol. The number of nitrogens with two attached hydrogens (primary N) is 1. The minimum absolute atomic E-state index is 0.177. The summed E-state index contributed by atoms with van der Waals surface area (Å²) in [5, 5.41) is 5.40. The van der Waals surface area contributed by atoms with Crippen LogP contribution in [-0.2, 0) is 4.79 Å². The van der Waals surface area contributed by atoms with Crippen molar-refractivity contribution in [3.63, 3.8) is 0 Å². The van der Waals surface area contributed by atoms with E-state index in [-0.39, 0.29) is 11.6 Å². The van der Waals surface area contributed by atoms with E-state index >= 15 is 0 Å². The van der Waals surface area contributed by atoms with Crippen molar-refractivity contribution < 1.29 is 4.79 Å². The number of carbonyl (C=O) groups is 1. The lowest BCUT2D eigenvalue weighted by atomic mass is 10.4. The van der Waals surface area contributed by atoms with E-state index in [0.29, 0.717) is 29.1 Å². The molecule has 100 valence electrons. The van der Waals surface area contributed by atoms with Crippen LogP contribution in [0.1, 0.15) is 0 Å². The molecular weight excluding hydrogens is 262 g/mol. The molecule has 10 heteroatoms. The summed E-state index contributed by atoms with van der Waals surface area (Å²) in [6, 6.07) is 0. The fourth-order valence-electron chi connectivity index (χ4n) is 1.67. The number of rotatable bonds is 4. The summed E-state index contributed by atoms with van der Waals surface area (Å²) < 4.78 is 0. The maximum absolute atomic E-state index is 10.6. The van der Waals surface area contributed by atoms with E-state index in [1.807, 2.05) is 0 Å². The molecule has 10 nitrogen and oxygen atoms in total. The van der Waals surface area contributed by atoms with Gasteiger partial charge >= 0.3 is 0 Å². The summed E-state index contributed by atoms with van der Waals surface area (Å²) in [5.41, 5.74) is 7.23. The van der Waals surface area contributed by atoms with Crippen molar-refractivity contribution in [2.24, 2.45) is 0 Å². The average Bonchev–Trinajstić information content (AvgIpc) is 2.92. The molecule has 0 atom stereocenters. The van der Waals surface area contributed by atoms with Crippen molar-refractivity contribution in [3.8, 4) is 0 Å².